The smallest absolute Gasteiger partial charge is 0.447 e. The molecule has 2 atom stereocenters. The quantitative estimate of drug-likeness (QED) is 0.394. The maximum absolute atomic E-state index is 13.1. The van der Waals surface area contributed by atoms with Gasteiger partial charge in [0.1, 0.15) is 18.2 Å². The third-order valence-corrected chi connectivity index (χ3v) is 5.81. The number of piperidine rings is 1. The van der Waals surface area contributed by atoms with Gasteiger partial charge in [0.05, 0.1) is 12.1 Å². The Labute approximate surface area is 231 Å². The first-order valence-electron chi connectivity index (χ1n) is 12.2. The molecule has 0 spiro atoms. The largest absolute Gasteiger partial charge is 0.522 e. The number of ether oxygens (including phenoxy) is 3. The van der Waals surface area contributed by atoms with Crippen molar-refractivity contribution < 1.29 is 41.4 Å². The van der Waals surface area contributed by atoms with Gasteiger partial charge in [0, 0.05) is 29.2 Å². The van der Waals surface area contributed by atoms with E-state index in [2.05, 4.69) is 30.2 Å². The first-order valence-corrected chi connectivity index (χ1v) is 12.5. The maximum atomic E-state index is 13.1. The van der Waals surface area contributed by atoms with Gasteiger partial charge in [-0.15, -0.1) is 18.3 Å². The minimum atomic E-state index is -4.79. The Hall–Kier alpha value is -3.72. The molecule has 0 bridgehead atoms. The standard InChI is InChI=1S/C24H26ClF3N6O6/c1-23(2,3)40-22(36)34-12-15(30-19(35)18-29-11-13-10-14(25)4-6-16(13)31-18)5-7-17(34)20-32-33-21(39-20)37-8-9-38-24(26,27)28/h4,6,10-11,15,17H,5,7-9,12H2,1-3H3,(H,30,35)/t15-,17+/m0/s1. The lowest BCUT2D eigenvalue weighted by molar-refractivity contribution is -0.325. The average Bonchev–Trinajstić information content (AvgIpc) is 3.33. The molecule has 2 amide bonds. The number of halogens is 4. The monoisotopic (exact) mass is 586 g/mol. The van der Waals surface area contributed by atoms with Crippen molar-refractivity contribution in [3.8, 4) is 6.08 Å². The zero-order chi connectivity index (χ0) is 29.1. The van der Waals surface area contributed by atoms with Crippen LogP contribution in [0.5, 0.6) is 6.08 Å². The fourth-order valence-electron chi connectivity index (χ4n) is 3.93. The molecule has 12 nitrogen and oxygen atoms in total. The van der Waals surface area contributed by atoms with E-state index in [4.69, 9.17) is 25.5 Å². The van der Waals surface area contributed by atoms with E-state index in [1.54, 1.807) is 39.0 Å². The lowest BCUT2D eigenvalue weighted by Crippen LogP contribution is -2.52. The maximum Gasteiger partial charge on any atom is 0.522 e. The molecule has 3 aromatic rings. The molecule has 16 heteroatoms. The molecule has 1 saturated heterocycles. The summed E-state index contributed by atoms with van der Waals surface area (Å²) in [7, 11) is 0. The first kappa shape index (κ1) is 29.3. The van der Waals surface area contributed by atoms with Crippen molar-refractivity contribution in [3.05, 3.63) is 41.1 Å². The summed E-state index contributed by atoms with van der Waals surface area (Å²) in [6, 6.07) is 3.79. The summed E-state index contributed by atoms with van der Waals surface area (Å²) < 4.78 is 56.1. The average molecular weight is 587 g/mol. The fourth-order valence-corrected chi connectivity index (χ4v) is 4.11. The number of hydrogen-bond acceptors (Lipinski definition) is 10. The number of carbonyl (C=O) groups excluding carboxylic acids is 2. The normalized spacial score (nSPS) is 18.0. The van der Waals surface area contributed by atoms with Crippen LogP contribution in [0, 0.1) is 0 Å². The van der Waals surface area contributed by atoms with Crippen molar-refractivity contribution in [2.45, 2.75) is 57.7 Å². The van der Waals surface area contributed by atoms with Crippen molar-refractivity contribution in [2.24, 2.45) is 0 Å². The molecule has 0 radical (unpaired) electrons. The Bertz CT molecular complexity index is 1360. The van der Waals surface area contributed by atoms with E-state index in [0.29, 0.717) is 28.8 Å². The van der Waals surface area contributed by atoms with Gasteiger partial charge in [-0.2, -0.15) is 0 Å². The molecular weight excluding hydrogens is 561 g/mol. The van der Waals surface area contributed by atoms with Crippen LogP contribution >= 0.6 is 11.6 Å². The molecule has 0 unspecified atom stereocenters. The molecule has 1 aromatic carbocycles. The first-order chi connectivity index (χ1) is 18.8. The Morgan fingerprint density at radius 3 is 2.67 bits per heavy atom. The van der Waals surface area contributed by atoms with Crippen molar-refractivity contribution in [1.82, 2.24) is 30.4 Å². The van der Waals surface area contributed by atoms with Crippen LogP contribution in [-0.4, -0.2) is 74.8 Å². The van der Waals surface area contributed by atoms with Crippen molar-refractivity contribution in [2.75, 3.05) is 19.8 Å². The predicted octanol–water partition coefficient (Wildman–Crippen LogP) is 4.45. The highest BCUT2D eigenvalue weighted by Gasteiger charge is 2.39. The summed E-state index contributed by atoms with van der Waals surface area (Å²) in [4.78, 5) is 35.8. The zero-order valence-electron chi connectivity index (χ0n) is 21.7. The third kappa shape index (κ3) is 7.91. The van der Waals surface area contributed by atoms with Crippen LogP contribution in [0.15, 0.2) is 28.8 Å². The second-order valence-corrected chi connectivity index (χ2v) is 10.3. The van der Waals surface area contributed by atoms with Crippen molar-refractivity contribution in [1.29, 1.82) is 0 Å². The summed E-state index contributed by atoms with van der Waals surface area (Å²) in [6.45, 7) is 3.88. The number of carbonyl (C=O) groups is 2. The molecule has 1 N–H and O–H groups in total. The van der Waals surface area contributed by atoms with Gasteiger partial charge >= 0.3 is 18.5 Å². The van der Waals surface area contributed by atoms with Gasteiger partial charge in [-0.25, -0.2) is 14.8 Å². The van der Waals surface area contributed by atoms with Crippen LogP contribution in [0.25, 0.3) is 10.9 Å². The number of nitrogens with one attached hydrogen (secondary N) is 1. The number of aromatic nitrogens is 4. The van der Waals surface area contributed by atoms with Crippen LogP contribution in [-0.2, 0) is 9.47 Å². The zero-order valence-corrected chi connectivity index (χ0v) is 22.5. The molecule has 1 aliphatic heterocycles. The lowest BCUT2D eigenvalue weighted by atomic mass is 9.98. The molecule has 2 aromatic heterocycles. The SMILES string of the molecule is CC(C)(C)OC(=O)N1C[C@@H](NC(=O)c2ncc3cc(Cl)ccc3n2)CC[C@@H]1c1nnc(OCCOC(F)(F)F)o1. The molecular formula is C24H26ClF3N6O6. The molecule has 40 heavy (non-hydrogen) atoms. The summed E-state index contributed by atoms with van der Waals surface area (Å²) in [6.07, 6.45) is -3.65. The summed E-state index contributed by atoms with van der Waals surface area (Å²) in [5, 5.41) is 11.6. The Morgan fingerprint density at radius 2 is 1.95 bits per heavy atom. The Balaban J connectivity index is 1.44. The molecule has 1 aliphatic rings. The predicted molar refractivity (Wildman–Crippen MR) is 133 cm³/mol. The molecule has 4 rings (SSSR count). The number of nitrogens with zero attached hydrogens (tertiary/aromatic N) is 5. The minimum absolute atomic E-state index is 0.00102. The third-order valence-electron chi connectivity index (χ3n) is 5.57. The summed E-state index contributed by atoms with van der Waals surface area (Å²) in [5.74, 6) is -0.577. The van der Waals surface area contributed by atoms with Gasteiger partial charge < -0.3 is 19.2 Å². The number of hydrogen-bond donors (Lipinski definition) is 1. The highest BCUT2D eigenvalue weighted by molar-refractivity contribution is 6.31. The number of fused-ring (bicyclic) bond motifs is 1. The van der Waals surface area contributed by atoms with Gasteiger partial charge in [0.25, 0.3) is 5.91 Å². The van der Waals surface area contributed by atoms with Crippen LogP contribution in [0.1, 0.15) is 56.2 Å². The fraction of sp³-hybridized carbons (Fsp3) is 0.500. The van der Waals surface area contributed by atoms with E-state index in [-0.39, 0.29) is 24.3 Å². The second-order valence-electron chi connectivity index (χ2n) is 9.84. The van der Waals surface area contributed by atoms with Gasteiger partial charge in [0.15, 0.2) is 0 Å². The van der Waals surface area contributed by atoms with Crippen LogP contribution in [0.4, 0.5) is 18.0 Å². The second kappa shape index (κ2) is 11.8. The Kier molecular flexibility index (Phi) is 8.63. The highest BCUT2D eigenvalue weighted by atomic mass is 35.5. The topological polar surface area (TPSA) is 142 Å². The van der Waals surface area contributed by atoms with Crippen molar-refractivity contribution >= 4 is 34.5 Å². The van der Waals surface area contributed by atoms with E-state index >= 15 is 0 Å². The van der Waals surface area contributed by atoms with Gasteiger partial charge in [-0.3, -0.25) is 14.4 Å². The van der Waals surface area contributed by atoms with Crippen molar-refractivity contribution in [3.63, 3.8) is 0 Å². The van der Waals surface area contributed by atoms with Gasteiger partial charge in [-0.05, 0) is 51.8 Å². The van der Waals surface area contributed by atoms with Gasteiger partial charge in [0.2, 0.25) is 11.7 Å². The highest BCUT2D eigenvalue weighted by Crippen LogP contribution is 2.33. The number of amides is 2. The van der Waals surface area contributed by atoms with E-state index in [9.17, 15) is 22.8 Å². The lowest BCUT2D eigenvalue weighted by Gasteiger charge is -2.38. The molecule has 0 aliphatic carbocycles. The minimum Gasteiger partial charge on any atom is -0.447 e. The Morgan fingerprint density at radius 1 is 1.18 bits per heavy atom. The number of rotatable bonds is 7. The van der Waals surface area contributed by atoms with Crippen LogP contribution in [0.2, 0.25) is 5.02 Å². The molecule has 3 heterocycles. The number of alkyl halides is 3. The molecule has 1 fully saturated rings. The molecule has 0 saturated carbocycles. The van der Waals surface area contributed by atoms with E-state index in [0.717, 1.165) is 0 Å². The van der Waals surface area contributed by atoms with Crippen LogP contribution < -0.4 is 10.1 Å². The number of likely N-dealkylation sites (tertiary alicyclic amines) is 1. The van der Waals surface area contributed by atoms with E-state index in [1.165, 1.54) is 11.1 Å². The van der Waals surface area contributed by atoms with E-state index in [1.807, 2.05) is 0 Å². The summed E-state index contributed by atoms with van der Waals surface area (Å²) in [5.41, 5.74) is -0.274. The van der Waals surface area contributed by atoms with Crippen LogP contribution in [0.3, 0.4) is 0 Å². The van der Waals surface area contributed by atoms with E-state index < -0.39 is 49.3 Å². The summed E-state index contributed by atoms with van der Waals surface area (Å²) >= 11 is 5.99. The van der Waals surface area contributed by atoms with Gasteiger partial charge in [-0.1, -0.05) is 16.7 Å². The number of benzene rings is 1. The molecule has 216 valence electrons.